The van der Waals surface area contributed by atoms with Crippen LogP contribution in [-0.4, -0.2) is 60.3 Å². The average Bonchev–Trinajstić information content (AvgIpc) is 2.92. The van der Waals surface area contributed by atoms with Crippen LogP contribution in [0.5, 0.6) is 11.5 Å². The van der Waals surface area contributed by atoms with Crippen LogP contribution in [0.25, 0.3) is 6.08 Å². The Balaban J connectivity index is 2.01. The van der Waals surface area contributed by atoms with Crippen molar-refractivity contribution in [2.24, 2.45) is 0 Å². The number of nitrogens with one attached hydrogen (secondary N) is 1. The summed E-state index contributed by atoms with van der Waals surface area (Å²) in [6.07, 6.45) is 1.73. The highest BCUT2D eigenvalue weighted by atomic mass is 32.2. The van der Waals surface area contributed by atoms with Crippen LogP contribution in [0.4, 0.5) is 4.79 Å². The van der Waals surface area contributed by atoms with Crippen LogP contribution in [0.15, 0.2) is 23.1 Å². The van der Waals surface area contributed by atoms with Gasteiger partial charge in [0.1, 0.15) is 6.54 Å². The molecule has 2 rings (SSSR count). The third kappa shape index (κ3) is 5.49. The summed E-state index contributed by atoms with van der Waals surface area (Å²) in [6.45, 7) is -0.260. The van der Waals surface area contributed by atoms with Crippen LogP contribution in [0.1, 0.15) is 18.4 Å². The van der Waals surface area contributed by atoms with Crippen LogP contribution in [0, 0.1) is 0 Å². The van der Waals surface area contributed by atoms with Crippen molar-refractivity contribution in [1.82, 2.24) is 10.2 Å². The molecular formula is C18H20N2O7S. The Bertz CT molecular complexity index is 822. The third-order valence-corrected chi connectivity index (χ3v) is 4.68. The number of methoxy groups -OCH3 is 2. The fourth-order valence-corrected chi connectivity index (χ4v) is 3.24. The predicted molar refractivity (Wildman–Crippen MR) is 102 cm³/mol. The number of imide groups is 1. The molecular weight excluding hydrogens is 388 g/mol. The first-order chi connectivity index (χ1) is 13.3. The molecule has 28 heavy (non-hydrogen) atoms. The van der Waals surface area contributed by atoms with Gasteiger partial charge in [0, 0.05) is 13.0 Å². The summed E-state index contributed by atoms with van der Waals surface area (Å²) >= 11 is 0.743. The van der Waals surface area contributed by atoms with Crippen molar-refractivity contribution in [3.63, 3.8) is 0 Å². The topological polar surface area (TPSA) is 122 Å². The third-order valence-electron chi connectivity index (χ3n) is 3.77. The standard InChI is InChI=1S/C18H20N2O7S/c1-26-12-6-5-11(8-13(12)27-2)9-14-17(24)20(18(25)28-14)10-15(21)19-7-3-4-16(22)23/h5-6,8-9H,3-4,7,10H2,1-2H3,(H,19,21)(H,22,23)/b14-9-. The highest BCUT2D eigenvalue weighted by Gasteiger charge is 2.36. The summed E-state index contributed by atoms with van der Waals surface area (Å²) in [7, 11) is 3.00. The molecule has 9 nitrogen and oxygen atoms in total. The van der Waals surface area contributed by atoms with E-state index in [0.717, 1.165) is 16.7 Å². The molecule has 0 saturated carbocycles. The Hall–Kier alpha value is -3.01. The van der Waals surface area contributed by atoms with E-state index in [1.807, 2.05) is 0 Å². The molecule has 1 saturated heterocycles. The molecule has 1 aliphatic rings. The number of hydrogen-bond acceptors (Lipinski definition) is 7. The van der Waals surface area contributed by atoms with Gasteiger partial charge in [0.2, 0.25) is 5.91 Å². The zero-order chi connectivity index (χ0) is 20.7. The molecule has 0 spiro atoms. The van der Waals surface area contributed by atoms with Crippen LogP contribution in [0.2, 0.25) is 0 Å². The first kappa shape index (κ1) is 21.3. The van der Waals surface area contributed by atoms with E-state index in [1.165, 1.54) is 20.3 Å². The summed E-state index contributed by atoms with van der Waals surface area (Å²) in [6, 6.07) is 5.06. The minimum Gasteiger partial charge on any atom is -0.493 e. The zero-order valence-corrected chi connectivity index (χ0v) is 16.2. The Kier molecular flexibility index (Phi) is 7.44. The normalized spacial score (nSPS) is 15.1. The van der Waals surface area contributed by atoms with E-state index in [0.29, 0.717) is 17.1 Å². The van der Waals surface area contributed by atoms with Crippen LogP contribution in [0.3, 0.4) is 0 Å². The van der Waals surface area contributed by atoms with Gasteiger partial charge in [-0.25, -0.2) is 0 Å². The van der Waals surface area contributed by atoms with Crippen molar-refractivity contribution in [3.05, 3.63) is 28.7 Å². The molecule has 1 fully saturated rings. The fourth-order valence-electron chi connectivity index (χ4n) is 2.40. The van der Waals surface area contributed by atoms with Gasteiger partial charge in [0.15, 0.2) is 11.5 Å². The molecule has 0 aromatic heterocycles. The Morgan fingerprint density at radius 2 is 1.93 bits per heavy atom. The highest BCUT2D eigenvalue weighted by Crippen LogP contribution is 2.34. The second-order valence-electron chi connectivity index (χ2n) is 5.73. The lowest BCUT2D eigenvalue weighted by Crippen LogP contribution is -2.39. The molecule has 1 aliphatic heterocycles. The summed E-state index contributed by atoms with van der Waals surface area (Å²) in [4.78, 5) is 47.9. The Morgan fingerprint density at radius 3 is 2.57 bits per heavy atom. The van der Waals surface area contributed by atoms with Crippen LogP contribution >= 0.6 is 11.8 Å². The number of carboxylic acid groups (broad SMARTS) is 1. The molecule has 0 atom stereocenters. The van der Waals surface area contributed by atoms with E-state index in [1.54, 1.807) is 18.2 Å². The van der Waals surface area contributed by atoms with Gasteiger partial charge in [-0.3, -0.25) is 24.1 Å². The smallest absolute Gasteiger partial charge is 0.303 e. The predicted octanol–water partition coefficient (Wildman–Crippen LogP) is 1.72. The maximum atomic E-state index is 12.5. The van der Waals surface area contributed by atoms with Gasteiger partial charge in [-0.15, -0.1) is 0 Å². The molecule has 0 radical (unpaired) electrons. The van der Waals surface area contributed by atoms with Crippen molar-refractivity contribution < 1.29 is 33.8 Å². The van der Waals surface area contributed by atoms with Crippen molar-refractivity contribution in [2.75, 3.05) is 27.3 Å². The Morgan fingerprint density at radius 1 is 1.21 bits per heavy atom. The second-order valence-corrected chi connectivity index (χ2v) is 6.72. The number of rotatable bonds is 9. The number of hydrogen-bond donors (Lipinski definition) is 2. The first-order valence-corrected chi connectivity index (χ1v) is 9.13. The van der Waals surface area contributed by atoms with Crippen molar-refractivity contribution in [1.29, 1.82) is 0 Å². The number of nitrogens with zero attached hydrogens (tertiary/aromatic N) is 1. The lowest BCUT2D eigenvalue weighted by atomic mass is 10.2. The molecule has 1 aromatic rings. The van der Waals surface area contributed by atoms with Gasteiger partial charge in [0.25, 0.3) is 11.1 Å². The number of benzene rings is 1. The van der Waals surface area contributed by atoms with Crippen LogP contribution < -0.4 is 14.8 Å². The first-order valence-electron chi connectivity index (χ1n) is 8.31. The average molecular weight is 408 g/mol. The number of carbonyl (C=O) groups is 4. The largest absolute Gasteiger partial charge is 0.493 e. The number of aliphatic carboxylic acids is 1. The van der Waals surface area contributed by atoms with E-state index >= 15 is 0 Å². The summed E-state index contributed by atoms with van der Waals surface area (Å²) < 4.78 is 10.4. The number of amides is 3. The van der Waals surface area contributed by atoms with Gasteiger partial charge in [-0.1, -0.05) is 6.07 Å². The Labute approximate surface area is 165 Å². The number of carboxylic acids is 1. The lowest BCUT2D eigenvalue weighted by Gasteiger charge is -2.12. The maximum Gasteiger partial charge on any atom is 0.303 e. The maximum absolute atomic E-state index is 12.5. The molecule has 1 heterocycles. The highest BCUT2D eigenvalue weighted by molar-refractivity contribution is 8.18. The quantitative estimate of drug-likeness (QED) is 0.468. The molecule has 0 aliphatic carbocycles. The van der Waals surface area contributed by atoms with E-state index in [4.69, 9.17) is 14.6 Å². The molecule has 2 N–H and O–H groups in total. The molecule has 0 bridgehead atoms. The summed E-state index contributed by atoms with van der Waals surface area (Å²) in [5.74, 6) is -1.03. The SMILES string of the molecule is COc1ccc(/C=C2\SC(=O)N(CC(=O)NCCCC(=O)O)C2=O)cc1OC. The van der Waals surface area contributed by atoms with Gasteiger partial charge >= 0.3 is 5.97 Å². The van der Waals surface area contributed by atoms with Crippen molar-refractivity contribution >= 4 is 40.9 Å². The number of carbonyl (C=O) groups excluding carboxylic acids is 3. The summed E-state index contributed by atoms with van der Waals surface area (Å²) in [5, 5.41) is 10.5. The fraction of sp³-hybridized carbons (Fsp3) is 0.333. The second kappa shape index (κ2) is 9.79. The van der Waals surface area contributed by atoms with E-state index in [-0.39, 0.29) is 24.3 Å². The number of ether oxygens (including phenoxy) is 2. The summed E-state index contributed by atoms with van der Waals surface area (Å²) in [5.41, 5.74) is 0.640. The van der Waals surface area contributed by atoms with E-state index in [9.17, 15) is 19.2 Å². The molecule has 1 aromatic carbocycles. The number of thioether (sulfide) groups is 1. The molecule has 0 unspecified atom stereocenters. The van der Waals surface area contributed by atoms with Gasteiger partial charge in [-0.05, 0) is 42.0 Å². The molecule has 10 heteroatoms. The lowest BCUT2D eigenvalue weighted by molar-refractivity contribution is -0.137. The van der Waals surface area contributed by atoms with Gasteiger partial charge < -0.3 is 19.9 Å². The molecule has 150 valence electrons. The van der Waals surface area contributed by atoms with Gasteiger partial charge in [0.05, 0.1) is 19.1 Å². The minimum atomic E-state index is -0.958. The van der Waals surface area contributed by atoms with E-state index in [2.05, 4.69) is 5.32 Å². The van der Waals surface area contributed by atoms with Gasteiger partial charge in [-0.2, -0.15) is 0 Å². The van der Waals surface area contributed by atoms with E-state index < -0.39 is 29.6 Å². The van der Waals surface area contributed by atoms with Crippen molar-refractivity contribution in [3.8, 4) is 11.5 Å². The zero-order valence-electron chi connectivity index (χ0n) is 15.4. The monoisotopic (exact) mass is 408 g/mol. The minimum absolute atomic E-state index is 0.0735. The van der Waals surface area contributed by atoms with Crippen LogP contribution in [-0.2, 0) is 14.4 Å². The molecule has 3 amide bonds. The van der Waals surface area contributed by atoms with Crippen molar-refractivity contribution in [2.45, 2.75) is 12.8 Å².